The van der Waals surface area contributed by atoms with E-state index < -0.39 is 0 Å². The van der Waals surface area contributed by atoms with E-state index in [1.54, 1.807) is 0 Å². The van der Waals surface area contributed by atoms with E-state index in [0.29, 0.717) is 19.1 Å². The van der Waals surface area contributed by atoms with Gasteiger partial charge < -0.3 is 15.8 Å². The molecule has 0 radical (unpaired) electrons. The molecular formula is C15H24N2O2. The molecule has 0 heterocycles. The number of nitrogens with one attached hydrogen (secondary N) is 1. The first-order valence-corrected chi connectivity index (χ1v) is 6.82. The van der Waals surface area contributed by atoms with Crippen LogP contribution in [-0.2, 0) is 16.1 Å². The SMILES string of the molecule is CCCC(C)COCC(=O)Nc1ccc(CN)cc1. The Labute approximate surface area is 115 Å². The van der Waals surface area contributed by atoms with Gasteiger partial charge in [0.1, 0.15) is 6.61 Å². The molecule has 0 fully saturated rings. The maximum absolute atomic E-state index is 11.6. The molecule has 106 valence electrons. The summed E-state index contributed by atoms with van der Waals surface area (Å²) in [5.41, 5.74) is 7.33. The Morgan fingerprint density at radius 1 is 1.37 bits per heavy atom. The molecule has 19 heavy (non-hydrogen) atoms. The number of benzene rings is 1. The number of anilines is 1. The van der Waals surface area contributed by atoms with E-state index in [2.05, 4.69) is 19.2 Å². The highest BCUT2D eigenvalue weighted by Gasteiger charge is 2.05. The second-order valence-electron chi connectivity index (χ2n) is 4.86. The molecule has 0 aliphatic rings. The molecule has 1 amide bonds. The molecule has 4 nitrogen and oxygen atoms in total. The highest BCUT2D eigenvalue weighted by atomic mass is 16.5. The number of nitrogens with two attached hydrogens (primary N) is 1. The fourth-order valence-corrected chi connectivity index (χ4v) is 1.85. The second-order valence-corrected chi connectivity index (χ2v) is 4.86. The van der Waals surface area contributed by atoms with Crippen LogP contribution in [0.5, 0.6) is 0 Å². The minimum Gasteiger partial charge on any atom is -0.371 e. The molecule has 0 aliphatic heterocycles. The van der Waals surface area contributed by atoms with E-state index in [9.17, 15) is 4.79 Å². The van der Waals surface area contributed by atoms with Gasteiger partial charge in [-0.05, 0) is 30.0 Å². The Morgan fingerprint density at radius 3 is 2.63 bits per heavy atom. The number of rotatable bonds is 8. The zero-order chi connectivity index (χ0) is 14.1. The van der Waals surface area contributed by atoms with Gasteiger partial charge in [-0.15, -0.1) is 0 Å². The smallest absolute Gasteiger partial charge is 0.250 e. The summed E-state index contributed by atoms with van der Waals surface area (Å²) in [5, 5.41) is 2.79. The normalized spacial score (nSPS) is 12.2. The summed E-state index contributed by atoms with van der Waals surface area (Å²) < 4.78 is 5.39. The average molecular weight is 264 g/mol. The van der Waals surface area contributed by atoms with E-state index in [4.69, 9.17) is 10.5 Å². The molecule has 0 bridgehead atoms. The zero-order valence-electron chi connectivity index (χ0n) is 11.8. The molecule has 1 aromatic rings. The third-order valence-electron chi connectivity index (χ3n) is 2.89. The lowest BCUT2D eigenvalue weighted by Gasteiger charge is -2.11. The monoisotopic (exact) mass is 264 g/mol. The molecule has 1 aromatic carbocycles. The first-order valence-electron chi connectivity index (χ1n) is 6.82. The summed E-state index contributed by atoms with van der Waals surface area (Å²) in [7, 11) is 0. The number of carbonyl (C=O) groups excluding carboxylic acids is 1. The first-order chi connectivity index (χ1) is 9.15. The summed E-state index contributed by atoms with van der Waals surface area (Å²) >= 11 is 0. The van der Waals surface area contributed by atoms with Gasteiger partial charge in [0, 0.05) is 18.8 Å². The molecule has 3 N–H and O–H groups in total. The van der Waals surface area contributed by atoms with Gasteiger partial charge in [0.25, 0.3) is 0 Å². The van der Waals surface area contributed by atoms with Crippen LogP contribution in [0.15, 0.2) is 24.3 Å². The van der Waals surface area contributed by atoms with Crippen LogP contribution in [0.2, 0.25) is 0 Å². The van der Waals surface area contributed by atoms with Crippen molar-refractivity contribution in [2.45, 2.75) is 33.2 Å². The van der Waals surface area contributed by atoms with Gasteiger partial charge in [-0.1, -0.05) is 32.4 Å². The van der Waals surface area contributed by atoms with Gasteiger partial charge in [0.2, 0.25) is 5.91 Å². The Bertz CT molecular complexity index is 376. The van der Waals surface area contributed by atoms with Crippen LogP contribution in [0.3, 0.4) is 0 Å². The van der Waals surface area contributed by atoms with Crippen LogP contribution < -0.4 is 11.1 Å². The maximum Gasteiger partial charge on any atom is 0.250 e. The van der Waals surface area contributed by atoms with Gasteiger partial charge in [-0.2, -0.15) is 0 Å². The number of carbonyl (C=O) groups is 1. The van der Waals surface area contributed by atoms with E-state index in [-0.39, 0.29) is 12.5 Å². The predicted molar refractivity (Wildman–Crippen MR) is 77.9 cm³/mol. The van der Waals surface area contributed by atoms with E-state index in [0.717, 1.165) is 24.1 Å². The summed E-state index contributed by atoms with van der Waals surface area (Å²) in [6, 6.07) is 7.50. The molecule has 0 spiro atoms. The van der Waals surface area contributed by atoms with Crippen molar-refractivity contribution in [1.29, 1.82) is 0 Å². The van der Waals surface area contributed by atoms with Crippen molar-refractivity contribution in [1.82, 2.24) is 0 Å². The number of ether oxygens (including phenoxy) is 1. The number of hydrogen-bond acceptors (Lipinski definition) is 3. The minimum atomic E-state index is -0.121. The molecule has 0 aromatic heterocycles. The lowest BCUT2D eigenvalue weighted by atomic mass is 10.1. The summed E-state index contributed by atoms with van der Waals surface area (Å²) in [6.45, 7) is 5.52. The molecule has 0 saturated carbocycles. The van der Waals surface area contributed by atoms with Crippen molar-refractivity contribution < 1.29 is 9.53 Å². The summed E-state index contributed by atoms with van der Waals surface area (Å²) in [6.07, 6.45) is 2.27. The topological polar surface area (TPSA) is 64.3 Å². The van der Waals surface area contributed by atoms with Gasteiger partial charge in [0.15, 0.2) is 0 Å². The number of amides is 1. The minimum absolute atomic E-state index is 0.104. The van der Waals surface area contributed by atoms with Gasteiger partial charge in [-0.3, -0.25) is 4.79 Å². The molecule has 1 rings (SSSR count). The van der Waals surface area contributed by atoms with Crippen LogP contribution in [0.4, 0.5) is 5.69 Å². The molecule has 1 unspecified atom stereocenters. The zero-order valence-corrected chi connectivity index (χ0v) is 11.8. The lowest BCUT2D eigenvalue weighted by Crippen LogP contribution is -2.20. The summed E-state index contributed by atoms with van der Waals surface area (Å²) in [4.78, 5) is 11.6. The van der Waals surface area contributed by atoms with Crippen LogP contribution in [-0.4, -0.2) is 19.1 Å². The van der Waals surface area contributed by atoms with Gasteiger partial charge in [-0.25, -0.2) is 0 Å². The van der Waals surface area contributed by atoms with Crippen molar-refractivity contribution in [2.24, 2.45) is 11.7 Å². The van der Waals surface area contributed by atoms with Crippen LogP contribution >= 0.6 is 0 Å². The predicted octanol–water partition coefficient (Wildman–Crippen LogP) is 2.54. The Morgan fingerprint density at radius 2 is 2.05 bits per heavy atom. The van der Waals surface area contributed by atoms with Crippen molar-refractivity contribution in [3.05, 3.63) is 29.8 Å². The van der Waals surface area contributed by atoms with Crippen molar-refractivity contribution in [3.8, 4) is 0 Å². The molecule has 1 atom stereocenters. The third kappa shape index (κ3) is 6.36. The largest absolute Gasteiger partial charge is 0.371 e. The highest BCUT2D eigenvalue weighted by molar-refractivity contribution is 5.91. The van der Waals surface area contributed by atoms with E-state index in [1.165, 1.54) is 0 Å². The standard InChI is InChI=1S/C15H24N2O2/c1-3-4-12(2)10-19-11-15(18)17-14-7-5-13(9-16)6-8-14/h5-8,12H,3-4,9-11,16H2,1-2H3,(H,17,18). The Kier molecular flexibility index (Phi) is 7.15. The van der Waals surface area contributed by atoms with Crippen molar-refractivity contribution in [3.63, 3.8) is 0 Å². The fraction of sp³-hybridized carbons (Fsp3) is 0.533. The molecule has 4 heteroatoms. The quantitative estimate of drug-likeness (QED) is 0.758. The third-order valence-corrected chi connectivity index (χ3v) is 2.89. The van der Waals surface area contributed by atoms with Crippen LogP contribution in [0.1, 0.15) is 32.3 Å². The van der Waals surface area contributed by atoms with E-state index >= 15 is 0 Å². The number of hydrogen-bond donors (Lipinski definition) is 2. The van der Waals surface area contributed by atoms with Crippen molar-refractivity contribution >= 4 is 11.6 Å². The molecule has 0 aliphatic carbocycles. The van der Waals surface area contributed by atoms with Crippen molar-refractivity contribution in [2.75, 3.05) is 18.5 Å². The Balaban J connectivity index is 2.26. The molecular weight excluding hydrogens is 240 g/mol. The molecule has 0 saturated heterocycles. The van der Waals surface area contributed by atoms with Crippen LogP contribution in [0.25, 0.3) is 0 Å². The van der Waals surface area contributed by atoms with Gasteiger partial charge in [0.05, 0.1) is 0 Å². The van der Waals surface area contributed by atoms with E-state index in [1.807, 2.05) is 24.3 Å². The lowest BCUT2D eigenvalue weighted by molar-refractivity contribution is -0.121. The van der Waals surface area contributed by atoms with Crippen LogP contribution in [0, 0.1) is 5.92 Å². The average Bonchev–Trinajstić information content (AvgIpc) is 2.40. The maximum atomic E-state index is 11.6. The fourth-order valence-electron chi connectivity index (χ4n) is 1.85. The Hall–Kier alpha value is -1.39. The van der Waals surface area contributed by atoms with Gasteiger partial charge >= 0.3 is 0 Å². The second kappa shape index (κ2) is 8.67. The summed E-state index contributed by atoms with van der Waals surface area (Å²) in [5.74, 6) is 0.380. The first kappa shape index (κ1) is 15.7. The highest BCUT2D eigenvalue weighted by Crippen LogP contribution is 2.09.